The van der Waals surface area contributed by atoms with Gasteiger partial charge >= 0.3 is 0 Å². The van der Waals surface area contributed by atoms with Crippen molar-refractivity contribution in [3.05, 3.63) is 59.9 Å². The van der Waals surface area contributed by atoms with E-state index < -0.39 is 30.7 Å². The Morgan fingerprint density at radius 3 is 2.64 bits per heavy atom. The van der Waals surface area contributed by atoms with E-state index in [4.69, 9.17) is 0 Å². The number of rotatable bonds is 9. The lowest BCUT2D eigenvalue weighted by atomic mass is 9.90. The van der Waals surface area contributed by atoms with Crippen LogP contribution in [0.5, 0.6) is 0 Å². The number of fused-ring (bicyclic) bond motifs is 1. The highest BCUT2D eigenvalue weighted by atomic mass is 19.3. The SMILES string of the molecule is CC(C)(O)[C@H](F)CNC(=O)c1cnc(-c2ccc3cc(C#N)cnn23)cc1N[C@H]1CC[C@H](n2cnnc2C(F)F)CC1. The second-order valence-corrected chi connectivity index (χ2v) is 10.9. The normalized spacial score (nSPS) is 18.1. The van der Waals surface area contributed by atoms with E-state index in [0.717, 1.165) is 0 Å². The van der Waals surface area contributed by atoms with Gasteiger partial charge in [0.15, 0.2) is 5.82 Å². The third-order valence-electron chi connectivity index (χ3n) is 7.49. The number of nitrogens with one attached hydrogen (secondary N) is 2. The first-order valence-electron chi connectivity index (χ1n) is 13.5. The molecule has 0 aliphatic heterocycles. The summed E-state index contributed by atoms with van der Waals surface area (Å²) in [4.78, 5) is 17.6. The average molecular weight is 582 g/mol. The lowest BCUT2D eigenvalue weighted by molar-refractivity contribution is -0.00177. The van der Waals surface area contributed by atoms with E-state index >= 15 is 0 Å². The predicted octanol–water partition coefficient (Wildman–Crippen LogP) is 4.23. The van der Waals surface area contributed by atoms with Gasteiger partial charge in [0.1, 0.15) is 18.6 Å². The van der Waals surface area contributed by atoms with Crippen molar-refractivity contribution < 1.29 is 23.1 Å². The average Bonchev–Trinajstić information content (AvgIpc) is 3.63. The molecule has 1 amide bonds. The molecule has 5 rings (SSSR count). The molecule has 3 N–H and O–H groups in total. The first-order chi connectivity index (χ1) is 20.0. The van der Waals surface area contributed by atoms with E-state index in [1.165, 1.54) is 37.1 Å². The van der Waals surface area contributed by atoms with Crippen LogP contribution in [-0.2, 0) is 0 Å². The van der Waals surface area contributed by atoms with Gasteiger partial charge in [0, 0.05) is 18.3 Å². The van der Waals surface area contributed by atoms with E-state index in [1.807, 2.05) is 0 Å². The zero-order valence-corrected chi connectivity index (χ0v) is 23.0. The Morgan fingerprint density at radius 1 is 1.19 bits per heavy atom. The van der Waals surface area contributed by atoms with Gasteiger partial charge in [-0.25, -0.2) is 17.7 Å². The zero-order valence-electron chi connectivity index (χ0n) is 23.0. The summed E-state index contributed by atoms with van der Waals surface area (Å²) < 4.78 is 44.1. The molecule has 1 saturated carbocycles. The summed E-state index contributed by atoms with van der Waals surface area (Å²) in [5.74, 6) is -0.920. The van der Waals surface area contributed by atoms with Gasteiger partial charge in [-0.05, 0) is 63.8 Å². The van der Waals surface area contributed by atoms with Gasteiger partial charge in [-0.15, -0.1) is 10.2 Å². The summed E-state index contributed by atoms with van der Waals surface area (Å²) in [6, 6.07) is 8.82. The Kier molecular flexibility index (Phi) is 8.13. The molecule has 0 unspecified atom stereocenters. The Bertz CT molecular complexity index is 1610. The third-order valence-corrected chi connectivity index (χ3v) is 7.49. The van der Waals surface area contributed by atoms with E-state index in [0.29, 0.717) is 53.8 Å². The maximum absolute atomic E-state index is 14.4. The third kappa shape index (κ3) is 6.06. The lowest BCUT2D eigenvalue weighted by Crippen LogP contribution is -2.42. The van der Waals surface area contributed by atoms with Crippen molar-refractivity contribution in [2.75, 3.05) is 11.9 Å². The zero-order chi connectivity index (χ0) is 30.0. The fourth-order valence-electron chi connectivity index (χ4n) is 5.08. The lowest BCUT2D eigenvalue weighted by Gasteiger charge is -2.31. The number of amides is 1. The maximum Gasteiger partial charge on any atom is 0.297 e. The predicted molar refractivity (Wildman–Crippen MR) is 147 cm³/mol. The first-order valence-corrected chi connectivity index (χ1v) is 13.5. The number of aliphatic hydroxyl groups is 1. The minimum atomic E-state index is -2.72. The van der Waals surface area contributed by atoms with Crippen molar-refractivity contribution in [3.8, 4) is 17.5 Å². The second-order valence-electron chi connectivity index (χ2n) is 10.9. The quantitative estimate of drug-likeness (QED) is 0.266. The van der Waals surface area contributed by atoms with Crippen LogP contribution >= 0.6 is 0 Å². The number of aromatic nitrogens is 6. The molecule has 1 aliphatic rings. The van der Waals surface area contributed by atoms with Crippen LogP contribution in [0.2, 0.25) is 0 Å². The monoisotopic (exact) mass is 581 g/mol. The minimum absolute atomic E-state index is 0.0831. The molecule has 11 nitrogen and oxygen atoms in total. The van der Waals surface area contributed by atoms with Gasteiger partial charge in [0.05, 0.1) is 52.1 Å². The highest BCUT2D eigenvalue weighted by molar-refractivity contribution is 6.00. The largest absolute Gasteiger partial charge is 0.387 e. The van der Waals surface area contributed by atoms with Gasteiger partial charge in [0.25, 0.3) is 12.3 Å². The summed E-state index contributed by atoms with van der Waals surface area (Å²) in [5, 5.41) is 36.6. The molecule has 0 bridgehead atoms. The molecule has 4 aromatic rings. The van der Waals surface area contributed by atoms with Gasteiger partial charge in [-0.1, -0.05) is 0 Å². The van der Waals surface area contributed by atoms with Crippen LogP contribution in [0.3, 0.4) is 0 Å². The molecule has 14 heteroatoms. The topological polar surface area (TPSA) is 146 Å². The molecule has 4 heterocycles. The number of hydrogen-bond acceptors (Lipinski definition) is 8. The van der Waals surface area contributed by atoms with Crippen LogP contribution in [-0.4, -0.2) is 64.7 Å². The van der Waals surface area contributed by atoms with Crippen molar-refractivity contribution >= 4 is 17.1 Å². The Hall–Kier alpha value is -4.51. The molecule has 0 spiro atoms. The van der Waals surface area contributed by atoms with Crippen LogP contribution in [0.25, 0.3) is 16.9 Å². The number of carbonyl (C=O) groups excluding carboxylic acids is 1. The molecular formula is C28H30F3N9O2. The number of hydrogen-bond donors (Lipinski definition) is 3. The number of alkyl halides is 3. The Balaban J connectivity index is 1.40. The molecule has 220 valence electrons. The molecule has 1 fully saturated rings. The minimum Gasteiger partial charge on any atom is -0.387 e. The van der Waals surface area contributed by atoms with Crippen LogP contribution in [0.15, 0.2) is 43.0 Å². The molecule has 0 aromatic carbocycles. The fourth-order valence-corrected chi connectivity index (χ4v) is 5.08. The van der Waals surface area contributed by atoms with Crippen LogP contribution in [0.4, 0.5) is 18.9 Å². The van der Waals surface area contributed by atoms with Crippen LogP contribution in [0, 0.1) is 11.3 Å². The van der Waals surface area contributed by atoms with Crippen LogP contribution in [0.1, 0.15) is 73.7 Å². The summed E-state index contributed by atoms with van der Waals surface area (Å²) >= 11 is 0. The van der Waals surface area contributed by atoms with Crippen LogP contribution < -0.4 is 10.6 Å². The van der Waals surface area contributed by atoms with Gasteiger partial charge in [-0.2, -0.15) is 10.4 Å². The number of pyridine rings is 1. The number of nitrogens with zero attached hydrogens (tertiary/aromatic N) is 7. The summed E-state index contributed by atoms with van der Waals surface area (Å²) in [6.45, 7) is 2.25. The van der Waals surface area contributed by atoms with Crippen molar-refractivity contribution in [3.63, 3.8) is 0 Å². The molecule has 42 heavy (non-hydrogen) atoms. The Labute approximate surface area is 239 Å². The van der Waals surface area contributed by atoms with Gasteiger partial charge in [-0.3, -0.25) is 9.78 Å². The highest BCUT2D eigenvalue weighted by Crippen LogP contribution is 2.34. The fraction of sp³-hybridized carbons (Fsp3) is 0.429. The number of nitriles is 1. The van der Waals surface area contributed by atoms with E-state index in [-0.39, 0.29) is 23.5 Å². The van der Waals surface area contributed by atoms with Crippen molar-refractivity contribution in [1.29, 1.82) is 5.26 Å². The summed E-state index contributed by atoms with van der Waals surface area (Å²) in [5.41, 5.74) is 1.26. The maximum atomic E-state index is 14.4. The first kappa shape index (κ1) is 29.0. The molecule has 0 radical (unpaired) electrons. The van der Waals surface area contributed by atoms with E-state index in [1.54, 1.807) is 28.8 Å². The molecule has 4 aromatic heterocycles. The van der Waals surface area contributed by atoms with Crippen molar-refractivity contribution in [1.82, 2.24) is 34.7 Å². The molecular weight excluding hydrogens is 551 g/mol. The summed E-state index contributed by atoms with van der Waals surface area (Å²) in [7, 11) is 0. The molecule has 1 atom stereocenters. The number of halogens is 3. The highest BCUT2D eigenvalue weighted by Gasteiger charge is 2.29. The summed E-state index contributed by atoms with van der Waals surface area (Å²) in [6.07, 6.45) is 2.21. The van der Waals surface area contributed by atoms with Crippen molar-refractivity contribution in [2.45, 2.75) is 69.8 Å². The second kappa shape index (κ2) is 11.8. The standard InChI is InChI=1S/C28H30F3N9O2/c1-28(2,42)24(29)14-34-27(41)20-13-33-22(23-8-7-19-9-16(11-32)12-36-40(19)23)10-21(20)37-17-3-5-18(6-4-17)39-15-35-38-26(39)25(30)31/h7-10,12-13,15,17-18,24-25,42H,3-6,14H2,1-2H3,(H,33,37)(H,34,41)/t17-,18-,24-/m1/s1. The van der Waals surface area contributed by atoms with E-state index in [2.05, 4.69) is 37.0 Å². The number of carbonyl (C=O) groups is 1. The number of anilines is 1. The van der Waals surface area contributed by atoms with E-state index in [9.17, 15) is 28.3 Å². The van der Waals surface area contributed by atoms with Gasteiger partial charge < -0.3 is 20.3 Å². The Morgan fingerprint density at radius 2 is 1.95 bits per heavy atom. The molecule has 1 aliphatic carbocycles. The van der Waals surface area contributed by atoms with Gasteiger partial charge in [0.2, 0.25) is 0 Å². The van der Waals surface area contributed by atoms with Crippen molar-refractivity contribution in [2.24, 2.45) is 0 Å². The smallest absolute Gasteiger partial charge is 0.297 e. The molecule has 0 saturated heterocycles.